The van der Waals surface area contributed by atoms with Crippen LogP contribution >= 0.6 is 0 Å². The summed E-state index contributed by atoms with van der Waals surface area (Å²) in [5.74, 6) is 0.895. The number of aromatic nitrogens is 1. The maximum absolute atomic E-state index is 5.95. The number of hydrogen-bond acceptors (Lipinski definition) is 3. The minimum atomic E-state index is 0.00241. The Labute approximate surface area is 127 Å². The van der Waals surface area contributed by atoms with Gasteiger partial charge in [0.05, 0.1) is 12.3 Å². The average Bonchev–Trinajstić information content (AvgIpc) is 2.47. The smallest absolute Gasteiger partial charge is 0.128 e. The summed E-state index contributed by atoms with van der Waals surface area (Å²) in [6.07, 6.45) is 2.19. The van der Waals surface area contributed by atoms with E-state index in [0.29, 0.717) is 0 Å². The van der Waals surface area contributed by atoms with Crippen LogP contribution in [0.3, 0.4) is 0 Å². The van der Waals surface area contributed by atoms with Crippen molar-refractivity contribution in [2.24, 2.45) is 5.73 Å². The largest absolute Gasteiger partial charge is 0.493 e. The molecule has 1 aromatic carbocycles. The van der Waals surface area contributed by atoms with E-state index in [0.717, 1.165) is 47.7 Å². The summed E-state index contributed by atoms with van der Waals surface area (Å²) in [5.41, 5.74) is 9.98. The zero-order valence-corrected chi connectivity index (χ0v) is 13.1. The predicted molar refractivity (Wildman–Crippen MR) is 87.4 cm³/mol. The second-order valence-corrected chi connectivity index (χ2v) is 5.36. The van der Waals surface area contributed by atoms with Crippen LogP contribution in [0.25, 0.3) is 11.3 Å². The Kier molecular flexibility index (Phi) is 5.34. The minimum absolute atomic E-state index is 0.00241. The van der Waals surface area contributed by atoms with Crippen molar-refractivity contribution in [1.82, 2.24) is 4.98 Å². The van der Waals surface area contributed by atoms with Gasteiger partial charge in [-0.25, -0.2) is 0 Å². The first kappa shape index (κ1) is 15.5. The highest BCUT2D eigenvalue weighted by Gasteiger charge is 2.10. The molecular weight excluding hydrogens is 260 g/mol. The van der Waals surface area contributed by atoms with E-state index in [1.807, 2.05) is 38.1 Å². The molecule has 2 N–H and O–H groups in total. The van der Waals surface area contributed by atoms with Crippen molar-refractivity contribution >= 4 is 0 Å². The lowest BCUT2D eigenvalue weighted by atomic mass is 10.0. The fraction of sp³-hybridized carbons (Fsp3) is 0.389. The Balaban J connectivity index is 2.31. The molecule has 2 rings (SSSR count). The molecule has 3 heteroatoms. The monoisotopic (exact) mass is 284 g/mol. The number of rotatable bonds is 6. The van der Waals surface area contributed by atoms with Gasteiger partial charge in [0.2, 0.25) is 0 Å². The maximum atomic E-state index is 5.95. The molecule has 1 unspecified atom stereocenters. The molecule has 1 aromatic heterocycles. The van der Waals surface area contributed by atoms with Crippen molar-refractivity contribution in [2.75, 3.05) is 6.61 Å². The van der Waals surface area contributed by atoms with Gasteiger partial charge < -0.3 is 10.5 Å². The molecule has 112 valence electrons. The summed E-state index contributed by atoms with van der Waals surface area (Å²) in [5, 5.41) is 0. The number of hydrogen-bond donors (Lipinski definition) is 1. The van der Waals surface area contributed by atoms with Gasteiger partial charge in [0.15, 0.2) is 0 Å². The Morgan fingerprint density at radius 1 is 1.19 bits per heavy atom. The molecule has 0 aliphatic heterocycles. The summed E-state index contributed by atoms with van der Waals surface area (Å²) in [6, 6.07) is 12.1. The second-order valence-electron chi connectivity index (χ2n) is 5.36. The molecule has 0 aliphatic rings. The standard InChI is InChI=1S/C18H24N2O/c1-4-5-12-21-18-9-7-6-8-16(18)17-11-10-15(13(2)19)14(3)20-17/h6-11,13H,4-5,12,19H2,1-3H3. The number of nitrogens with two attached hydrogens (primary N) is 1. The second kappa shape index (κ2) is 7.23. The molecule has 0 saturated heterocycles. The van der Waals surface area contributed by atoms with Crippen molar-refractivity contribution in [3.63, 3.8) is 0 Å². The normalized spacial score (nSPS) is 12.2. The number of unbranched alkanes of at least 4 members (excludes halogenated alkanes) is 1. The number of ether oxygens (including phenoxy) is 1. The number of aryl methyl sites for hydroxylation is 1. The third kappa shape index (κ3) is 3.82. The molecule has 0 spiro atoms. The SMILES string of the molecule is CCCCOc1ccccc1-c1ccc(C(C)N)c(C)n1. The molecule has 0 radical (unpaired) electrons. The van der Waals surface area contributed by atoms with E-state index in [1.165, 1.54) is 0 Å². The van der Waals surface area contributed by atoms with Gasteiger partial charge in [-0.05, 0) is 44.0 Å². The van der Waals surface area contributed by atoms with Gasteiger partial charge in [-0.2, -0.15) is 0 Å². The van der Waals surface area contributed by atoms with Crippen LogP contribution in [0.15, 0.2) is 36.4 Å². The van der Waals surface area contributed by atoms with Crippen molar-refractivity contribution in [1.29, 1.82) is 0 Å². The molecule has 1 heterocycles. The fourth-order valence-electron chi connectivity index (χ4n) is 2.33. The summed E-state index contributed by atoms with van der Waals surface area (Å²) in [6.45, 7) is 6.88. The van der Waals surface area contributed by atoms with Crippen LogP contribution in [0, 0.1) is 6.92 Å². The van der Waals surface area contributed by atoms with E-state index in [1.54, 1.807) is 0 Å². The summed E-state index contributed by atoms with van der Waals surface area (Å²) in [4.78, 5) is 4.69. The van der Waals surface area contributed by atoms with Crippen LogP contribution in [-0.4, -0.2) is 11.6 Å². The number of pyridine rings is 1. The van der Waals surface area contributed by atoms with Gasteiger partial charge in [-0.3, -0.25) is 4.98 Å². The van der Waals surface area contributed by atoms with E-state index >= 15 is 0 Å². The third-order valence-corrected chi connectivity index (χ3v) is 3.54. The summed E-state index contributed by atoms with van der Waals surface area (Å²) >= 11 is 0. The van der Waals surface area contributed by atoms with Crippen LogP contribution in [-0.2, 0) is 0 Å². The molecule has 0 bridgehead atoms. The lowest BCUT2D eigenvalue weighted by molar-refractivity contribution is 0.310. The van der Waals surface area contributed by atoms with Crippen molar-refractivity contribution in [3.8, 4) is 17.0 Å². The molecular formula is C18H24N2O. The highest BCUT2D eigenvalue weighted by molar-refractivity contribution is 5.67. The van der Waals surface area contributed by atoms with Gasteiger partial charge in [0, 0.05) is 17.3 Å². The minimum Gasteiger partial charge on any atom is -0.493 e. The van der Waals surface area contributed by atoms with E-state index < -0.39 is 0 Å². The molecule has 0 saturated carbocycles. The first-order valence-corrected chi connectivity index (χ1v) is 7.58. The molecule has 0 fully saturated rings. The first-order chi connectivity index (χ1) is 10.1. The molecule has 21 heavy (non-hydrogen) atoms. The molecule has 0 amide bonds. The Bertz CT molecular complexity index is 594. The van der Waals surface area contributed by atoms with Crippen LogP contribution in [0.1, 0.15) is 44.0 Å². The quantitative estimate of drug-likeness (QED) is 0.806. The van der Waals surface area contributed by atoms with Gasteiger partial charge >= 0.3 is 0 Å². The number of benzene rings is 1. The van der Waals surface area contributed by atoms with E-state index in [4.69, 9.17) is 15.5 Å². The molecule has 0 aliphatic carbocycles. The van der Waals surface area contributed by atoms with Crippen molar-refractivity contribution in [3.05, 3.63) is 47.7 Å². The van der Waals surface area contributed by atoms with Crippen LogP contribution in [0.5, 0.6) is 5.75 Å². The van der Waals surface area contributed by atoms with E-state index in [-0.39, 0.29) is 6.04 Å². The average molecular weight is 284 g/mol. The zero-order chi connectivity index (χ0) is 15.2. The molecule has 3 nitrogen and oxygen atoms in total. The van der Waals surface area contributed by atoms with Gasteiger partial charge in [-0.15, -0.1) is 0 Å². The zero-order valence-electron chi connectivity index (χ0n) is 13.1. The topological polar surface area (TPSA) is 48.1 Å². The predicted octanol–water partition coefficient (Wildman–Crippen LogP) is 4.26. The molecule has 2 aromatic rings. The Morgan fingerprint density at radius 2 is 1.95 bits per heavy atom. The number of para-hydroxylation sites is 1. The highest BCUT2D eigenvalue weighted by atomic mass is 16.5. The molecule has 1 atom stereocenters. The first-order valence-electron chi connectivity index (χ1n) is 7.58. The Morgan fingerprint density at radius 3 is 2.62 bits per heavy atom. The van der Waals surface area contributed by atoms with E-state index in [9.17, 15) is 0 Å². The van der Waals surface area contributed by atoms with Crippen molar-refractivity contribution in [2.45, 2.75) is 39.7 Å². The van der Waals surface area contributed by atoms with Crippen LogP contribution in [0.4, 0.5) is 0 Å². The van der Waals surface area contributed by atoms with E-state index in [2.05, 4.69) is 19.1 Å². The number of nitrogens with zero attached hydrogens (tertiary/aromatic N) is 1. The summed E-state index contributed by atoms with van der Waals surface area (Å²) in [7, 11) is 0. The lowest BCUT2D eigenvalue weighted by Crippen LogP contribution is -2.08. The third-order valence-electron chi connectivity index (χ3n) is 3.54. The van der Waals surface area contributed by atoms with Crippen LogP contribution in [0.2, 0.25) is 0 Å². The van der Waals surface area contributed by atoms with Gasteiger partial charge in [0.25, 0.3) is 0 Å². The maximum Gasteiger partial charge on any atom is 0.128 e. The fourth-order valence-corrected chi connectivity index (χ4v) is 2.33. The summed E-state index contributed by atoms with van der Waals surface area (Å²) < 4.78 is 5.88. The van der Waals surface area contributed by atoms with Crippen LogP contribution < -0.4 is 10.5 Å². The lowest BCUT2D eigenvalue weighted by Gasteiger charge is -2.13. The van der Waals surface area contributed by atoms with Gasteiger partial charge in [-0.1, -0.05) is 31.5 Å². The Hall–Kier alpha value is -1.87. The highest BCUT2D eigenvalue weighted by Crippen LogP contribution is 2.29. The van der Waals surface area contributed by atoms with Crippen molar-refractivity contribution < 1.29 is 4.74 Å². The van der Waals surface area contributed by atoms with Gasteiger partial charge in [0.1, 0.15) is 5.75 Å².